The normalized spacial score (nSPS) is 14.8. The van der Waals surface area contributed by atoms with E-state index in [2.05, 4.69) is 15.5 Å². The third-order valence-corrected chi connectivity index (χ3v) is 4.90. The van der Waals surface area contributed by atoms with E-state index >= 15 is 0 Å². The zero-order valence-corrected chi connectivity index (χ0v) is 16.0. The van der Waals surface area contributed by atoms with Gasteiger partial charge in [-0.05, 0) is 31.0 Å². The van der Waals surface area contributed by atoms with Crippen LogP contribution in [0.1, 0.15) is 29.4 Å². The summed E-state index contributed by atoms with van der Waals surface area (Å²) in [5.41, 5.74) is 2.74. The SMILES string of the molecule is COc1cccc(-c2cc(C(=O)Nc3cnn(C4CCOCC4)c3)n(C)n2)c1. The number of methoxy groups -OCH3 is 1. The highest BCUT2D eigenvalue weighted by Crippen LogP contribution is 2.24. The van der Waals surface area contributed by atoms with Crippen molar-refractivity contribution in [2.24, 2.45) is 7.05 Å². The summed E-state index contributed by atoms with van der Waals surface area (Å²) in [6, 6.07) is 9.68. The molecule has 1 aliphatic rings. The number of anilines is 1. The fourth-order valence-electron chi connectivity index (χ4n) is 3.35. The van der Waals surface area contributed by atoms with Crippen LogP contribution < -0.4 is 10.1 Å². The molecule has 3 aromatic rings. The van der Waals surface area contributed by atoms with E-state index < -0.39 is 0 Å². The highest BCUT2D eigenvalue weighted by atomic mass is 16.5. The van der Waals surface area contributed by atoms with E-state index in [9.17, 15) is 4.79 Å². The summed E-state index contributed by atoms with van der Waals surface area (Å²) in [4.78, 5) is 12.7. The second-order valence-electron chi connectivity index (χ2n) is 6.78. The molecule has 0 aliphatic carbocycles. The number of ether oxygens (including phenoxy) is 2. The van der Waals surface area contributed by atoms with E-state index in [0.717, 1.165) is 37.4 Å². The second kappa shape index (κ2) is 7.85. The van der Waals surface area contributed by atoms with Crippen molar-refractivity contribution in [3.8, 4) is 17.0 Å². The fourth-order valence-corrected chi connectivity index (χ4v) is 3.35. The van der Waals surface area contributed by atoms with Crippen LogP contribution in [0.2, 0.25) is 0 Å². The van der Waals surface area contributed by atoms with Crippen molar-refractivity contribution >= 4 is 11.6 Å². The van der Waals surface area contributed by atoms with Crippen molar-refractivity contribution in [3.63, 3.8) is 0 Å². The van der Waals surface area contributed by atoms with Crippen LogP contribution in [0.5, 0.6) is 5.75 Å². The summed E-state index contributed by atoms with van der Waals surface area (Å²) >= 11 is 0. The van der Waals surface area contributed by atoms with E-state index in [0.29, 0.717) is 23.1 Å². The summed E-state index contributed by atoms with van der Waals surface area (Å²) in [5, 5.41) is 11.8. The second-order valence-corrected chi connectivity index (χ2v) is 6.78. The number of carbonyl (C=O) groups is 1. The van der Waals surface area contributed by atoms with Crippen molar-refractivity contribution in [1.82, 2.24) is 19.6 Å². The molecule has 1 saturated heterocycles. The van der Waals surface area contributed by atoms with Crippen molar-refractivity contribution in [2.75, 3.05) is 25.6 Å². The Balaban J connectivity index is 1.49. The molecule has 0 radical (unpaired) electrons. The molecule has 28 heavy (non-hydrogen) atoms. The van der Waals surface area contributed by atoms with Gasteiger partial charge in [-0.1, -0.05) is 12.1 Å². The summed E-state index contributed by atoms with van der Waals surface area (Å²) in [5.74, 6) is 0.519. The number of carbonyl (C=O) groups excluding carboxylic acids is 1. The van der Waals surface area contributed by atoms with E-state index in [4.69, 9.17) is 9.47 Å². The van der Waals surface area contributed by atoms with Crippen LogP contribution in [-0.4, -0.2) is 45.8 Å². The van der Waals surface area contributed by atoms with Crippen LogP contribution in [-0.2, 0) is 11.8 Å². The van der Waals surface area contributed by atoms with Gasteiger partial charge in [-0.25, -0.2) is 0 Å². The molecule has 0 atom stereocenters. The minimum absolute atomic E-state index is 0.226. The first-order valence-electron chi connectivity index (χ1n) is 9.26. The lowest BCUT2D eigenvalue weighted by atomic mass is 10.1. The monoisotopic (exact) mass is 381 g/mol. The number of nitrogens with one attached hydrogen (secondary N) is 1. The summed E-state index contributed by atoms with van der Waals surface area (Å²) in [7, 11) is 3.38. The molecular formula is C20H23N5O3. The molecule has 1 fully saturated rings. The minimum Gasteiger partial charge on any atom is -0.497 e. The number of nitrogens with zero attached hydrogens (tertiary/aromatic N) is 4. The molecule has 0 unspecified atom stereocenters. The number of amides is 1. The molecule has 0 spiro atoms. The van der Waals surface area contributed by atoms with E-state index in [1.54, 1.807) is 31.1 Å². The Morgan fingerprint density at radius 1 is 1.29 bits per heavy atom. The topological polar surface area (TPSA) is 83.2 Å². The first-order valence-corrected chi connectivity index (χ1v) is 9.26. The molecule has 2 aromatic heterocycles. The predicted octanol–water partition coefficient (Wildman–Crippen LogP) is 2.90. The minimum atomic E-state index is -0.226. The van der Waals surface area contributed by atoms with Gasteiger partial charge >= 0.3 is 0 Å². The molecule has 4 rings (SSSR count). The number of hydrogen-bond donors (Lipinski definition) is 1. The number of rotatable bonds is 5. The Morgan fingerprint density at radius 2 is 2.11 bits per heavy atom. The Bertz CT molecular complexity index is 972. The molecule has 8 heteroatoms. The fraction of sp³-hybridized carbons (Fsp3) is 0.350. The van der Waals surface area contributed by atoms with E-state index in [1.165, 1.54) is 0 Å². The average molecular weight is 381 g/mol. The van der Waals surface area contributed by atoms with Gasteiger partial charge in [0.05, 0.1) is 30.7 Å². The van der Waals surface area contributed by atoms with Gasteiger partial charge in [0, 0.05) is 32.0 Å². The molecule has 0 bridgehead atoms. The number of aromatic nitrogens is 4. The largest absolute Gasteiger partial charge is 0.497 e. The lowest BCUT2D eigenvalue weighted by Crippen LogP contribution is -2.20. The maximum Gasteiger partial charge on any atom is 0.274 e. The molecule has 0 saturated carbocycles. The molecular weight excluding hydrogens is 358 g/mol. The van der Waals surface area contributed by atoms with Gasteiger partial charge in [-0.15, -0.1) is 0 Å². The van der Waals surface area contributed by atoms with Crippen molar-refractivity contribution in [1.29, 1.82) is 0 Å². The third-order valence-electron chi connectivity index (χ3n) is 4.90. The van der Waals surface area contributed by atoms with Crippen LogP contribution in [0.25, 0.3) is 11.3 Å². The van der Waals surface area contributed by atoms with E-state index in [1.807, 2.05) is 35.1 Å². The maximum absolute atomic E-state index is 12.7. The van der Waals surface area contributed by atoms with Crippen LogP contribution >= 0.6 is 0 Å². The zero-order chi connectivity index (χ0) is 19.5. The number of benzene rings is 1. The molecule has 1 amide bonds. The summed E-state index contributed by atoms with van der Waals surface area (Å²) < 4.78 is 14.1. The number of aryl methyl sites for hydroxylation is 1. The van der Waals surface area contributed by atoms with Crippen LogP contribution in [0.3, 0.4) is 0 Å². The van der Waals surface area contributed by atoms with Gasteiger partial charge in [0.2, 0.25) is 0 Å². The summed E-state index contributed by atoms with van der Waals surface area (Å²) in [6.07, 6.45) is 5.40. The Hall–Kier alpha value is -3.13. The van der Waals surface area contributed by atoms with Gasteiger partial charge < -0.3 is 14.8 Å². The smallest absolute Gasteiger partial charge is 0.274 e. The first-order chi connectivity index (χ1) is 13.6. The molecule has 8 nitrogen and oxygen atoms in total. The van der Waals surface area contributed by atoms with Gasteiger partial charge in [0.1, 0.15) is 11.4 Å². The van der Waals surface area contributed by atoms with Crippen LogP contribution in [0, 0.1) is 0 Å². The zero-order valence-electron chi connectivity index (χ0n) is 16.0. The predicted molar refractivity (Wildman–Crippen MR) is 104 cm³/mol. The van der Waals surface area contributed by atoms with Crippen molar-refractivity contribution in [3.05, 3.63) is 48.4 Å². The first kappa shape index (κ1) is 18.2. The van der Waals surface area contributed by atoms with Gasteiger partial charge in [-0.3, -0.25) is 14.2 Å². The highest BCUT2D eigenvalue weighted by Gasteiger charge is 2.19. The van der Waals surface area contributed by atoms with Gasteiger partial charge in [0.25, 0.3) is 5.91 Å². The number of hydrogen-bond acceptors (Lipinski definition) is 5. The average Bonchev–Trinajstić information content (AvgIpc) is 3.35. The molecule has 1 aromatic carbocycles. The third kappa shape index (κ3) is 3.77. The molecule has 1 N–H and O–H groups in total. The quantitative estimate of drug-likeness (QED) is 0.735. The molecule has 3 heterocycles. The van der Waals surface area contributed by atoms with Gasteiger partial charge in [-0.2, -0.15) is 10.2 Å². The maximum atomic E-state index is 12.7. The van der Waals surface area contributed by atoms with Crippen molar-refractivity contribution < 1.29 is 14.3 Å². The van der Waals surface area contributed by atoms with Gasteiger partial charge in [0.15, 0.2) is 0 Å². The van der Waals surface area contributed by atoms with Crippen LogP contribution in [0.15, 0.2) is 42.7 Å². The van der Waals surface area contributed by atoms with Crippen LogP contribution in [0.4, 0.5) is 5.69 Å². The van der Waals surface area contributed by atoms with Crippen molar-refractivity contribution in [2.45, 2.75) is 18.9 Å². The lowest BCUT2D eigenvalue weighted by Gasteiger charge is -2.22. The molecule has 146 valence electrons. The molecule has 1 aliphatic heterocycles. The summed E-state index contributed by atoms with van der Waals surface area (Å²) in [6.45, 7) is 1.49. The standard InChI is InChI=1S/C20H23N5O3/c1-24-19(11-18(23-24)14-4-3-5-17(10-14)27-2)20(26)22-15-12-21-25(13-15)16-6-8-28-9-7-16/h3-5,10-13,16H,6-9H2,1-2H3,(H,22,26). The van der Waals surface area contributed by atoms with E-state index in [-0.39, 0.29) is 5.91 Å². The Labute approximate surface area is 163 Å². The Morgan fingerprint density at radius 3 is 2.89 bits per heavy atom. The lowest BCUT2D eigenvalue weighted by molar-refractivity contribution is 0.0662. The highest BCUT2D eigenvalue weighted by molar-refractivity contribution is 6.03. The Kier molecular flexibility index (Phi) is 5.12.